The summed E-state index contributed by atoms with van der Waals surface area (Å²) in [5.74, 6) is 0.374. The molecule has 6 rings (SSSR count). The fourth-order valence-electron chi connectivity index (χ4n) is 5.57. The molecule has 0 bridgehead atoms. The van der Waals surface area contributed by atoms with Crippen LogP contribution in [0.1, 0.15) is 28.7 Å². The van der Waals surface area contributed by atoms with Gasteiger partial charge >= 0.3 is 5.97 Å². The number of hydrogen-bond donors (Lipinski definition) is 2. The number of hydrogen-bond acceptors (Lipinski definition) is 8. The molecule has 3 aromatic carbocycles. The number of carbonyl (C=O) groups is 1. The summed E-state index contributed by atoms with van der Waals surface area (Å²) in [5, 5.41) is 14.7. The summed E-state index contributed by atoms with van der Waals surface area (Å²) in [6, 6.07) is 14.6. The zero-order valence-electron chi connectivity index (χ0n) is 19.6. The standard InChI is InChI=1S/C27H24ClNO7/c1-32-21-7-13(8-22(33-2)26(21)30)23-16-9-19-20(36-12-35-19)10-17(16)25(18-11-34-27(31)24(18)23)29-15-5-3-14(28)4-6-15/h3-10,18,23-25,29-30H,11-12H2,1-2H3/t18-,23+,24-,25+/m0/s1. The zero-order valence-corrected chi connectivity index (χ0v) is 20.4. The Hall–Kier alpha value is -3.78. The van der Waals surface area contributed by atoms with E-state index in [1.165, 1.54) is 14.2 Å². The Balaban J connectivity index is 1.55. The number of phenols is 1. The number of phenolic OH excluding ortho intramolecular Hbond substituents is 1. The van der Waals surface area contributed by atoms with Crippen LogP contribution in [0.25, 0.3) is 0 Å². The van der Waals surface area contributed by atoms with Gasteiger partial charge in [-0.2, -0.15) is 0 Å². The number of rotatable bonds is 5. The number of aromatic hydroxyl groups is 1. The second-order valence-electron chi connectivity index (χ2n) is 9.03. The van der Waals surface area contributed by atoms with Gasteiger partial charge in [-0.1, -0.05) is 11.6 Å². The van der Waals surface area contributed by atoms with E-state index in [2.05, 4.69) is 5.32 Å². The summed E-state index contributed by atoms with van der Waals surface area (Å²) < 4.78 is 27.9. The molecule has 0 spiro atoms. The Labute approximate surface area is 212 Å². The van der Waals surface area contributed by atoms with Gasteiger partial charge in [0.05, 0.1) is 32.8 Å². The fourth-order valence-corrected chi connectivity index (χ4v) is 5.69. The van der Waals surface area contributed by atoms with Crippen molar-refractivity contribution in [3.8, 4) is 28.7 Å². The maximum absolute atomic E-state index is 13.2. The maximum Gasteiger partial charge on any atom is 0.310 e. The number of nitrogens with one attached hydrogen (secondary N) is 1. The van der Waals surface area contributed by atoms with Crippen molar-refractivity contribution in [1.82, 2.24) is 0 Å². The molecule has 1 saturated heterocycles. The lowest BCUT2D eigenvalue weighted by atomic mass is 9.65. The van der Waals surface area contributed by atoms with E-state index in [1.807, 2.05) is 36.4 Å². The van der Waals surface area contributed by atoms with Gasteiger partial charge in [-0.3, -0.25) is 4.79 Å². The molecule has 0 unspecified atom stereocenters. The molecule has 0 radical (unpaired) electrons. The van der Waals surface area contributed by atoms with Crippen molar-refractivity contribution >= 4 is 23.3 Å². The van der Waals surface area contributed by atoms with Crippen LogP contribution in [-0.4, -0.2) is 38.7 Å². The Kier molecular flexibility index (Phi) is 5.48. The second-order valence-corrected chi connectivity index (χ2v) is 9.47. The summed E-state index contributed by atoms with van der Waals surface area (Å²) >= 11 is 6.09. The molecule has 0 saturated carbocycles. The molecular formula is C27H24ClNO7. The molecule has 1 aliphatic carbocycles. The summed E-state index contributed by atoms with van der Waals surface area (Å²) in [5.41, 5.74) is 3.52. The lowest BCUT2D eigenvalue weighted by Gasteiger charge is -2.40. The number of ether oxygens (including phenoxy) is 5. The quantitative estimate of drug-likeness (QED) is 0.470. The number of methoxy groups -OCH3 is 2. The minimum Gasteiger partial charge on any atom is -0.502 e. The first-order valence-corrected chi connectivity index (χ1v) is 11.9. The molecule has 36 heavy (non-hydrogen) atoms. The third-order valence-electron chi connectivity index (χ3n) is 7.21. The molecule has 3 aromatic rings. The van der Waals surface area contributed by atoms with Crippen molar-refractivity contribution < 1.29 is 33.6 Å². The number of esters is 1. The van der Waals surface area contributed by atoms with E-state index in [-0.39, 0.29) is 54.5 Å². The molecule has 3 aliphatic rings. The van der Waals surface area contributed by atoms with E-state index < -0.39 is 5.92 Å². The van der Waals surface area contributed by atoms with E-state index in [1.54, 1.807) is 12.1 Å². The van der Waals surface area contributed by atoms with E-state index >= 15 is 0 Å². The first-order valence-electron chi connectivity index (χ1n) is 11.6. The van der Waals surface area contributed by atoms with Crippen LogP contribution in [-0.2, 0) is 9.53 Å². The van der Waals surface area contributed by atoms with Crippen molar-refractivity contribution in [1.29, 1.82) is 0 Å². The average Bonchev–Trinajstić information content (AvgIpc) is 3.51. The summed E-state index contributed by atoms with van der Waals surface area (Å²) in [6.45, 7) is 0.402. The molecule has 4 atom stereocenters. The van der Waals surface area contributed by atoms with Gasteiger partial charge in [0.2, 0.25) is 12.5 Å². The topological polar surface area (TPSA) is 95.5 Å². The fraction of sp³-hybridized carbons (Fsp3) is 0.296. The minimum atomic E-state index is -0.485. The van der Waals surface area contributed by atoms with Gasteiger partial charge in [-0.15, -0.1) is 0 Å². The molecule has 2 N–H and O–H groups in total. The van der Waals surface area contributed by atoms with Crippen molar-refractivity contribution in [2.75, 3.05) is 32.9 Å². The van der Waals surface area contributed by atoms with Crippen LogP contribution in [0.4, 0.5) is 5.69 Å². The number of anilines is 1. The molecule has 2 heterocycles. The predicted octanol–water partition coefficient (Wildman–Crippen LogP) is 4.88. The third kappa shape index (κ3) is 3.55. The maximum atomic E-state index is 13.2. The summed E-state index contributed by atoms with van der Waals surface area (Å²) in [4.78, 5) is 13.2. The van der Waals surface area contributed by atoms with Crippen molar-refractivity contribution in [3.63, 3.8) is 0 Å². The summed E-state index contributed by atoms with van der Waals surface area (Å²) in [7, 11) is 2.95. The third-order valence-corrected chi connectivity index (χ3v) is 7.47. The Bertz CT molecular complexity index is 1320. The highest BCUT2D eigenvalue weighted by Gasteiger charge is 2.52. The molecule has 8 nitrogen and oxygen atoms in total. The predicted molar refractivity (Wildman–Crippen MR) is 131 cm³/mol. The molecule has 9 heteroatoms. The highest BCUT2D eigenvalue weighted by Crippen LogP contribution is 2.56. The van der Waals surface area contributed by atoms with Crippen LogP contribution < -0.4 is 24.3 Å². The largest absolute Gasteiger partial charge is 0.502 e. The van der Waals surface area contributed by atoms with Crippen LogP contribution in [0.3, 0.4) is 0 Å². The lowest BCUT2D eigenvalue weighted by Crippen LogP contribution is -2.37. The number of carbonyl (C=O) groups excluding carboxylic acids is 1. The number of cyclic esters (lactones) is 1. The summed E-state index contributed by atoms with van der Waals surface area (Å²) in [6.07, 6.45) is 0. The van der Waals surface area contributed by atoms with E-state index in [4.69, 9.17) is 35.3 Å². The number of benzene rings is 3. The molecular weight excluding hydrogens is 486 g/mol. The Morgan fingerprint density at radius 2 is 1.58 bits per heavy atom. The first-order chi connectivity index (χ1) is 17.5. The number of fused-ring (bicyclic) bond motifs is 3. The van der Waals surface area contributed by atoms with Gasteiger partial charge in [0.1, 0.15) is 0 Å². The van der Waals surface area contributed by atoms with Crippen LogP contribution in [0.15, 0.2) is 48.5 Å². The van der Waals surface area contributed by atoms with E-state index in [0.29, 0.717) is 16.5 Å². The van der Waals surface area contributed by atoms with Gasteiger partial charge < -0.3 is 34.1 Å². The SMILES string of the molecule is COc1cc([C@@H]2c3cc4c(cc3[C@@H](Nc3ccc(Cl)cc3)[C@H]3COC(=O)[C@H]23)OCO4)cc(OC)c1O. The minimum absolute atomic E-state index is 0.0988. The second kappa shape index (κ2) is 8.71. The van der Waals surface area contributed by atoms with Gasteiger partial charge in [0.25, 0.3) is 0 Å². The average molecular weight is 510 g/mol. The highest BCUT2D eigenvalue weighted by atomic mass is 35.5. The van der Waals surface area contributed by atoms with Crippen LogP contribution in [0.2, 0.25) is 5.02 Å². The van der Waals surface area contributed by atoms with Crippen LogP contribution in [0.5, 0.6) is 28.7 Å². The smallest absolute Gasteiger partial charge is 0.310 e. The van der Waals surface area contributed by atoms with Gasteiger partial charge in [0, 0.05) is 22.5 Å². The van der Waals surface area contributed by atoms with Gasteiger partial charge in [0.15, 0.2) is 23.0 Å². The van der Waals surface area contributed by atoms with Crippen molar-refractivity contribution in [3.05, 3.63) is 70.2 Å². The first kappa shape index (κ1) is 22.7. The zero-order chi connectivity index (χ0) is 25.0. The normalized spacial score (nSPS) is 23.5. The molecule has 2 aliphatic heterocycles. The number of halogens is 1. The molecule has 186 valence electrons. The Morgan fingerprint density at radius 1 is 0.944 bits per heavy atom. The molecule has 0 aromatic heterocycles. The van der Waals surface area contributed by atoms with E-state index in [9.17, 15) is 9.90 Å². The molecule has 0 amide bonds. The highest BCUT2D eigenvalue weighted by molar-refractivity contribution is 6.30. The lowest BCUT2D eigenvalue weighted by molar-refractivity contribution is -0.141. The van der Waals surface area contributed by atoms with E-state index in [0.717, 1.165) is 22.4 Å². The van der Waals surface area contributed by atoms with Gasteiger partial charge in [-0.05, 0) is 65.2 Å². The Morgan fingerprint density at radius 3 is 2.22 bits per heavy atom. The van der Waals surface area contributed by atoms with Crippen LogP contribution in [0, 0.1) is 11.8 Å². The van der Waals surface area contributed by atoms with Crippen LogP contribution >= 0.6 is 11.6 Å². The molecule has 1 fully saturated rings. The van der Waals surface area contributed by atoms with Crippen molar-refractivity contribution in [2.24, 2.45) is 11.8 Å². The monoisotopic (exact) mass is 509 g/mol. The van der Waals surface area contributed by atoms with Crippen molar-refractivity contribution in [2.45, 2.75) is 12.0 Å². The van der Waals surface area contributed by atoms with Gasteiger partial charge in [-0.25, -0.2) is 0 Å².